The molecule has 0 fully saturated rings. The first kappa shape index (κ1) is 18.1. The summed E-state index contributed by atoms with van der Waals surface area (Å²) in [4.78, 5) is 12.1. The summed E-state index contributed by atoms with van der Waals surface area (Å²) in [5, 5.41) is 15.2. The van der Waals surface area contributed by atoms with Crippen LogP contribution in [-0.4, -0.2) is 24.4 Å². The number of hydrogen-bond donors (Lipinski definition) is 3. The molecule has 0 spiro atoms. The van der Waals surface area contributed by atoms with Crippen molar-refractivity contribution < 1.29 is 14.6 Å². The molecule has 2 amide bonds. The van der Waals surface area contributed by atoms with Crippen molar-refractivity contribution in [1.29, 1.82) is 0 Å². The zero-order valence-corrected chi connectivity index (χ0v) is 14.2. The second-order valence-corrected chi connectivity index (χ2v) is 5.72. The maximum Gasteiger partial charge on any atom is 0.315 e. The third-order valence-corrected chi connectivity index (χ3v) is 3.69. The number of benzene rings is 2. The monoisotopic (exact) mass is 348 g/mol. The van der Waals surface area contributed by atoms with Gasteiger partial charge in [-0.3, -0.25) is 0 Å². The van der Waals surface area contributed by atoms with Crippen LogP contribution in [0.1, 0.15) is 24.1 Å². The minimum Gasteiger partial charge on any atom is -0.491 e. The molecule has 24 heavy (non-hydrogen) atoms. The lowest BCUT2D eigenvalue weighted by molar-refractivity contribution is 0.200. The van der Waals surface area contributed by atoms with Crippen LogP contribution in [0.2, 0.25) is 5.02 Å². The molecule has 2 rings (SSSR count). The van der Waals surface area contributed by atoms with Crippen molar-refractivity contribution in [3.63, 3.8) is 0 Å². The third-order valence-electron chi connectivity index (χ3n) is 3.46. The molecule has 2 aromatic rings. The second kappa shape index (κ2) is 9.15. The number of carbonyl (C=O) groups excluding carboxylic acids is 1. The zero-order valence-electron chi connectivity index (χ0n) is 13.5. The smallest absolute Gasteiger partial charge is 0.315 e. The Morgan fingerprint density at radius 1 is 1.25 bits per heavy atom. The number of nitrogens with one attached hydrogen (secondary N) is 2. The summed E-state index contributed by atoms with van der Waals surface area (Å²) in [5.74, 6) is 0.648. The molecule has 3 N–H and O–H groups in total. The number of hydrogen-bond acceptors (Lipinski definition) is 3. The van der Waals surface area contributed by atoms with Crippen LogP contribution in [-0.2, 0) is 6.54 Å². The van der Waals surface area contributed by atoms with Crippen molar-refractivity contribution >= 4 is 17.6 Å². The van der Waals surface area contributed by atoms with Crippen LogP contribution in [0, 0.1) is 0 Å². The van der Waals surface area contributed by atoms with E-state index in [-0.39, 0.29) is 25.3 Å². The largest absolute Gasteiger partial charge is 0.491 e. The molecule has 0 bridgehead atoms. The number of amides is 2. The number of halogens is 1. The van der Waals surface area contributed by atoms with E-state index in [2.05, 4.69) is 10.6 Å². The van der Waals surface area contributed by atoms with Gasteiger partial charge in [-0.05, 0) is 30.7 Å². The van der Waals surface area contributed by atoms with E-state index >= 15 is 0 Å². The summed E-state index contributed by atoms with van der Waals surface area (Å²) < 4.78 is 5.45. The van der Waals surface area contributed by atoms with Crippen molar-refractivity contribution in [3.8, 4) is 5.75 Å². The quantitative estimate of drug-likeness (QED) is 0.719. The predicted molar refractivity (Wildman–Crippen MR) is 94.3 cm³/mol. The van der Waals surface area contributed by atoms with Gasteiger partial charge >= 0.3 is 6.03 Å². The van der Waals surface area contributed by atoms with Gasteiger partial charge in [-0.15, -0.1) is 0 Å². The average molecular weight is 349 g/mol. The van der Waals surface area contributed by atoms with Crippen LogP contribution in [0.5, 0.6) is 5.75 Å². The van der Waals surface area contributed by atoms with E-state index in [1.165, 1.54) is 0 Å². The number of ether oxygens (including phenoxy) is 1. The highest BCUT2D eigenvalue weighted by molar-refractivity contribution is 6.30. The van der Waals surface area contributed by atoms with Crippen molar-refractivity contribution in [2.24, 2.45) is 0 Å². The normalized spacial score (nSPS) is 11.6. The molecule has 5 nitrogen and oxygen atoms in total. The van der Waals surface area contributed by atoms with Gasteiger partial charge in [0.2, 0.25) is 0 Å². The predicted octanol–water partition coefficient (Wildman–Crippen LogP) is 3.27. The number of para-hydroxylation sites is 1. The maximum atomic E-state index is 12.1. The Kier molecular flexibility index (Phi) is 6.90. The van der Waals surface area contributed by atoms with Crippen LogP contribution in [0.25, 0.3) is 0 Å². The summed E-state index contributed by atoms with van der Waals surface area (Å²) in [6.45, 7) is 2.38. The van der Waals surface area contributed by atoms with Crippen molar-refractivity contribution in [1.82, 2.24) is 10.6 Å². The van der Waals surface area contributed by atoms with Gasteiger partial charge in [0, 0.05) is 17.1 Å². The van der Waals surface area contributed by atoms with Crippen LogP contribution in [0.4, 0.5) is 4.79 Å². The van der Waals surface area contributed by atoms with Crippen molar-refractivity contribution in [2.75, 3.05) is 13.2 Å². The summed E-state index contributed by atoms with van der Waals surface area (Å²) in [5.41, 5.74) is 1.78. The number of aliphatic hydroxyl groups excluding tert-OH is 1. The van der Waals surface area contributed by atoms with Crippen LogP contribution >= 0.6 is 11.6 Å². The first-order chi connectivity index (χ1) is 11.6. The highest BCUT2D eigenvalue weighted by atomic mass is 35.5. The molecule has 1 atom stereocenters. The lowest BCUT2D eigenvalue weighted by atomic mass is 10.1. The fraction of sp³-hybridized carbons (Fsp3) is 0.278. The Morgan fingerprint density at radius 3 is 2.79 bits per heavy atom. The molecule has 0 saturated carbocycles. The fourth-order valence-corrected chi connectivity index (χ4v) is 2.43. The van der Waals surface area contributed by atoms with Gasteiger partial charge in [-0.25, -0.2) is 4.79 Å². The van der Waals surface area contributed by atoms with E-state index < -0.39 is 0 Å². The van der Waals surface area contributed by atoms with E-state index in [1.54, 1.807) is 12.1 Å². The maximum absolute atomic E-state index is 12.1. The molecule has 0 aromatic heterocycles. The molecule has 0 heterocycles. The van der Waals surface area contributed by atoms with E-state index in [4.69, 9.17) is 21.4 Å². The van der Waals surface area contributed by atoms with Crippen LogP contribution in [0.3, 0.4) is 0 Å². The molecule has 0 aliphatic carbocycles. The Morgan fingerprint density at radius 2 is 2.04 bits per heavy atom. The molecular weight excluding hydrogens is 328 g/mol. The SMILES string of the molecule is CC(NC(=O)NCc1ccccc1OCCO)c1cccc(Cl)c1. The van der Waals surface area contributed by atoms with Crippen LogP contribution < -0.4 is 15.4 Å². The zero-order chi connectivity index (χ0) is 17.4. The minimum atomic E-state index is -0.278. The molecule has 0 radical (unpaired) electrons. The van der Waals surface area contributed by atoms with E-state index in [0.29, 0.717) is 17.3 Å². The summed E-state index contributed by atoms with van der Waals surface area (Å²) >= 11 is 5.97. The number of carbonyl (C=O) groups is 1. The molecule has 1 unspecified atom stereocenters. The molecule has 0 aliphatic heterocycles. The molecule has 2 aromatic carbocycles. The van der Waals surface area contributed by atoms with Crippen molar-refractivity contribution in [2.45, 2.75) is 19.5 Å². The van der Waals surface area contributed by atoms with Gasteiger partial charge in [-0.1, -0.05) is 41.9 Å². The van der Waals surface area contributed by atoms with E-state index in [1.807, 2.05) is 43.3 Å². The Hall–Kier alpha value is -2.24. The number of rotatable bonds is 7. The number of aliphatic hydroxyl groups is 1. The van der Waals surface area contributed by atoms with Crippen LogP contribution in [0.15, 0.2) is 48.5 Å². The summed E-state index contributed by atoms with van der Waals surface area (Å²) in [6, 6.07) is 14.3. The Labute approximate surface area is 146 Å². The molecule has 0 aliphatic rings. The summed E-state index contributed by atoms with van der Waals surface area (Å²) in [7, 11) is 0. The fourth-order valence-electron chi connectivity index (χ4n) is 2.23. The Balaban J connectivity index is 1.89. The highest BCUT2D eigenvalue weighted by Gasteiger charge is 2.10. The lowest BCUT2D eigenvalue weighted by Crippen LogP contribution is -2.36. The minimum absolute atomic E-state index is 0.0562. The standard InChI is InChI=1S/C18H21ClN2O3/c1-13(14-6-4-7-16(19)11-14)21-18(23)20-12-15-5-2-3-8-17(15)24-10-9-22/h2-8,11,13,22H,9-10,12H2,1H3,(H2,20,21,23). The molecule has 0 saturated heterocycles. The molecular formula is C18H21ClN2O3. The van der Waals surface area contributed by atoms with Gasteiger partial charge in [0.15, 0.2) is 0 Å². The third kappa shape index (κ3) is 5.44. The second-order valence-electron chi connectivity index (χ2n) is 5.28. The van der Waals surface area contributed by atoms with Gasteiger partial charge in [0.25, 0.3) is 0 Å². The molecule has 128 valence electrons. The summed E-state index contributed by atoms with van der Waals surface area (Å²) in [6.07, 6.45) is 0. The first-order valence-corrected chi connectivity index (χ1v) is 8.09. The molecule has 6 heteroatoms. The first-order valence-electron chi connectivity index (χ1n) is 7.71. The average Bonchev–Trinajstić information content (AvgIpc) is 2.58. The van der Waals surface area contributed by atoms with Crippen molar-refractivity contribution in [3.05, 3.63) is 64.7 Å². The van der Waals surface area contributed by atoms with E-state index in [9.17, 15) is 4.79 Å². The van der Waals surface area contributed by atoms with E-state index in [0.717, 1.165) is 11.1 Å². The van der Waals surface area contributed by atoms with Gasteiger partial charge < -0.3 is 20.5 Å². The van der Waals surface area contributed by atoms with Gasteiger partial charge in [0.1, 0.15) is 12.4 Å². The van der Waals surface area contributed by atoms with Gasteiger partial charge in [0.05, 0.1) is 12.6 Å². The highest BCUT2D eigenvalue weighted by Crippen LogP contribution is 2.18. The lowest BCUT2D eigenvalue weighted by Gasteiger charge is -2.16. The number of urea groups is 1. The van der Waals surface area contributed by atoms with Gasteiger partial charge in [-0.2, -0.15) is 0 Å². The topological polar surface area (TPSA) is 70.6 Å². The Bertz CT molecular complexity index is 679.